The lowest BCUT2D eigenvalue weighted by Crippen LogP contribution is -1.86. The standard InChI is InChI=1S/C8H10N/c1-7-4-3-5-8(6-7)9-2/h3-4,6,9H,1-2H3. The Bertz CT molecular complexity index is 194. The highest BCUT2D eigenvalue weighted by Crippen LogP contribution is 2.06. The summed E-state index contributed by atoms with van der Waals surface area (Å²) in [5.41, 5.74) is 2.31. The molecule has 1 aromatic rings. The lowest BCUT2D eigenvalue weighted by Gasteiger charge is -1.97. The van der Waals surface area contributed by atoms with Crippen LogP contribution < -0.4 is 5.32 Å². The van der Waals surface area contributed by atoms with E-state index >= 15 is 0 Å². The summed E-state index contributed by atoms with van der Waals surface area (Å²) in [5, 5.41) is 3.01. The summed E-state index contributed by atoms with van der Waals surface area (Å²) in [6, 6.07) is 9.05. The van der Waals surface area contributed by atoms with Gasteiger partial charge < -0.3 is 5.32 Å². The van der Waals surface area contributed by atoms with Crippen LogP contribution in [0.4, 0.5) is 5.69 Å². The van der Waals surface area contributed by atoms with Gasteiger partial charge in [0.05, 0.1) is 0 Å². The molecule has 1 rings (SSSR count). The number of hydrogen-bond donors (Lipinski definition) is 1. The van der Waals surface area contributed by atoms with E-state index in [2.05, 4.69) is 24.4 Å². The van der Waals surface area contributed by atoms with Crippen LogP contribution >= 0.6 is 0 Å². The first-order chi connectivity index (χ1) is 4.33. The molecule has 1 N–H and O–H groups in total. The fourth-order valence-corrected chi connectivity index (χ4v) is 0.725. The van der Waals surface area contributed by atoms with E-state index in [0.29, 0.717) is 0 Å². The number of anilines is 1. The van der Waals surface area contributed by atoms with Crippen LogP contribution in [-0.2, 0) is 0 Å². The number of rotatable bonds is 1. The third kappa shape index (κ3) is 1.46. The Morgan fingerprint density at radius 1 is 1.56 bits per heavy atom. The fraction of sp³-hybridized carbons (Fsp3) is 0.250. The van der Waals surface area contributed by atoms with Crippen molar-refractivity contribution in [2.24, 2.45) is 0 Å². The van der Waals surface area contributed by atoms with Crippen molar-refractivity contribution in [3.05, 3.63) is 29.8 Å². The Kier molecular flexibility index (Phi) is 1.73. The maximum absolute atomic E-state index is 3.05. The van der Waals surface area contributed by atoms with Gasteiger partial charge in [-0.15, -0.1) is 0 Å². The molecule has 1 radical (unpaired) electrons. The molecule has 0 fully saturated rings. The van der Waals surface area contributed by atoms with Crippen LogP contribution in [0.2, 0.25) is 0 Å². The molecule has 9 heavy (non-hydrogen) atoms. The fourth-order valence-electron chi connectivity index (χ4n) is 0.725. The molecule has 0 aliphatic heterocycles. The zero-order chi connectivity index (χ0) is 6.69. The number of benzene rings is 1. The summed E-state index contributed by atoms with van der Waals surface area (Å²) in [4.78, 5) is 0. The van der Waals surface area contributed by atoms with Crippen molar-refractivity contribution in [2.45, 2.75) is 6.92 Å². The Morgan fingerprint density at radius 3 is 2.78 bits per heavy atom. The highest BCUT2D eigenvalue weighted by Gasteiger charge is 1.85. The highest BCUT2D eigenvalue weighted by atomic mass is 14.8. The lowest BCUT2D eigenvalue weighted by atomic mass is 10.2. The minimum Gasteiger partial charge on any atom is -0.388 e. The zero-order valence-electron chi connectivity index (χ0n) is 5.73. The van der Waals surface area contributed by atoms with E-state index in [0.717, 1.165) is 5.69 Å². The molecular weight excluding hydrogens is 110 g/mol. The SMILES string of the molecule is CNc1[c]ccc(C)c1. The number of nitrogens with one attached hydrogen (secondary N) is 1. The van der Waals surface area contributed by atoms with Crippen LogP contribution in [0, 0.1) is 13.0 Å². The summed E-state index contributed by atoms with van der Waals surface area (Å²) in [6.07, 6.45) is 0. The molecule has 0 unspecified atom stereocenters. The van der Waals surface area contributed by atoms with Gasteiger partial charge in [-0.05, 0) is 18.6 Å². The summed E-state index contributed by atoms with van der Waals surface area (Å²) >= 11 is 0. The predicted octanol–water partition coefficient (Wildman–Crippen LogP) is 1.84. The third-order valence-corrected chi connectivity index (χ3v) is 1.23. The molecule has 0 atom stereocenters. The smallest absolute Gasteiger partial charge is 0.0420 e. The minimum absolute atomic E-state index is 1.05. The first-order valence-electron chi connectivity index (χ1n) is 2.99. The molecule has 0 heterocycles. The Morgan fingerprint density at radius 2 is 2.33 bits per heavy atom. The second-order valence-corrected chi connectivity index (χ2v) is 2.03. The van der Waals surface area contributed by atoms with E-state index in [9.17, 15) is 0 Å². The topological polar surface area (TPSA) is 12.0 Å². The van der Waals surface area contributed by atoms with Gasteiger partial charge in [-0.25, -0.2) is 0 Å². The normalized spacial score (nSPS) is 9.11. The molecule has 0 aliphatic rings. The van der Waals surface area contributed by atoms with E-state index in [1.54, 1.807) is 0 Å². The summed E-state index contributed by atoms with van der Waals surface area (Å²) in [5.74, 6) is 0. The molecule has 0 aliphatic carbocycles. The van der Waals surface area contributed by atoms with Crippen molar-refractivity contribution < 1.29 is 0 Å². The molecular formula is C8H10N. The van der Waals surface area contributed by atoms with Gasteiger partial charge in [-0.2, -0.15) is 0 Å². The van der Waals surface area contributed by atoms with Gasteiger partial charge in [0, 0.05) is 18.8 Å². The Hall–Kier alpha value is -0.980. The molecule has 1 nitrogen and oxygen atoms in total. The number of aryl methyl sites for hydroxylation is 1. The van der Waals surface area contributed by atoms with Crippen molar-refractivity contribution in [3.63, 3.8) is 0 Å². The molecule has 0 bridgehead atoms. The monoisotopic (exact) mass is 120 g/mol. The third-order valence-electron chi connectivity index (χ3n) is 1.23. The lowest BCUT2D eigenvalue weighted by molar-refractivity contribution is 1.42. The van der Waals surface area contributed by atoms with Crippen molar-refractivity contribution >= 4 is 5.69 Å². The molecule has 0 saturated carbocycles. The van der Waals surface area contributed by atoms with Gasteiger partial charge in [0.25, 0.3) is 0 Å². The number of hydrogen-bond acceptors (Lipinski definition) is 1. The predicted molar refractivity (Wildman–Crippen MR) is 39.6 cm³/mol. The van der Waals surface area contributed by atoms with Crippen molar-refractivity contribution in [3.8, 4) is 0 Å². The first-order valence-corrected chi connectivity index (χ1v) is 2.99. The second kappa shape index (κ2) is 2.53. The Labute approximate surface area is 55.7 Å². The molecule has 47 valence electrons. The van der Waals surface area contributed by atoms with E-state index in [1.165, 1.54) is 5.56 Å². The molecule has 0 saturated heterocycles. The van der Waals surface area contributed by atoms with Crippen LogP contribution in [0.3, 0.4) is 0 Å². The minimum atomic E-state index is 1.05. The summed E-state index contributed by atoms with van der Waals surface area (Å²) in [6.45, 7) is 2.06. The zero-order valence-corrected chi connectivity index (χ0v) is 5.73. The highest BCUT2D eigenvalue weighted by molar-refractivity contribution is 5.43. The van der Waals surface area contributed by atoms with Crippen molar-refractivity contribution in [2.75, 3.05) is 12.4 Å². The summed E-state index contributed by atoms with van der Waals surface area (Å²) < 4.78 is 0. The maximum atomic E-state index is 3.05. The van der Waals surface area contributed by atoms with Crippen LogP contribution in [-0.4, -0.2) is 7.05 Å². The van der Waals surface area contributed by atoms with Gasteiger partial charge in [0.15, 0.2) is 0 Å². The van der Waals surface area contributed by atoms with E-state index < -0.39 is 0 Å². The molecule has 1 aromatic carbocycles. The average molecular weight is 120 g/mol. The molecule has 0 spiro atoms. The van der Waals surface area contributed by atoms with E-state index in [-0.39, 0.29) is 0 Å². The summed E-state index contributed by atoms with van der Waals surface area (Å²) in [7, 11) is 1.89. The van der Waals surface area contributed by atoms with Crippen LogP contribution in [0.25, 0.3) is 0 Å². The quantitative estimate of drug-likeness (QED) is 0.596. The second-order valence-electron chi connectivity index (χ2n) is 2.03. The Balaban J connectivity index is 2.94. The molecule has 1 heteroatoms. The van der Waals surface area contributed by atoms with Crippen molar-refractivity contribution in [1.82, 2.24) is 0 Å². The van der Waals surface area contributed by atoms with Gasteiger partial charge in [-0.3, -0.25) is 0 Å². The van der Waals surface area contributed by atoms with Gasteiger partial charge in [0.2, 0.25) is 0 Å². The van der Waals surface area contributed by atoms with E-state index in [1.807, 2.05) is 19.2 Å². The van der Waals surface area contributed by atoms with Crippen LogP contribution in [0.15, 0.2) is 18.2 Å². The van der Waals surface area contributed by atoms with Crippen molar-refractivity contribution in [1.29, 1.82) is 0 Å². The molecule has 0 amide bonds. The van der Waals surface area contributed by atoms with Crippen LogP contribution in [0.1, 0.15) is 5.56 Å². The van der Waals surface area contributed by atoms with Gasteiger partial charge in [-0.1, -0.05) is 12.1 Å². The maximum Gasteiger partial charge on any atom is 0.0420 e. The van der Waals surface area contributed by atoms with Gasteiger partial charge in [0.1, 0.15) is 0 Å². The molecule has 0 aromatic heterocycles. The van der Waals surface area contributed by atoms with E-state index in [4.69, 9.17) is 0 Å². The van der Waals surface area contributed by atoms with Crippen LogP contribution in [0.5, 0.6) is 0 Å². The largest absolute Gasteiger partial charge is 0.388 e. The average Bonchev–Trinajstić information content (AvgIpc) is 1.88. The van der Waals surface area contributed by atoms with Gasteiger partial charge >= 0.3 is 0 Å². The first kappa shape index (κ1) is 6.14.